The molecule has 0 fully saturated rings. The molecule has 0 unspecified atom stereocenters. The van der Waals surface area contributed by atoms with Crippen LogP contribution in [-0.4, -0.2) is 56.6 Å². The smallest absolute Gasteiger partial charge is 0.147 e. The summed E-state index contributed by atoms with van der Waals surface area (Å²) in [6.07, 6.45) is 10.1. The lowest BCUT2D eigenvalue weighted by Gasteiger charge is -2.10. The number of sulfone groups is 1. The molecule has 0 amide bonds. The maximum absolute atomic E-state index is 14.6. The van der Waals surface area contributed by atoms with E-state index >= 15 is 0 Å². The average Bonchev–Trinajstić information content (AvgIpc) is 3.54. The second-order valence-corrected chi connectivity index (χ2v) is 12.8. The summed E-state index contributed by atoms with van der Waals surface area (Å²) < 4.78 is 37.9. The summed E-state index contributed by atoms with van der Waals surface area (Å²) in [5, 5.41) is 12.7. The molecule has 5 heterocycles. The summed E-state index contributed by atoms with van der Waals surface area (Å²) in [4.78, 5) is 16.8. The number of hydrogen-bond donors (Lipinski definition) is 3. The molecular formula is C30H28FN7O2S. The molecule has 0 spiro atoms. The third-order valence-corrected chi connectivity index (χ3v) is 7.71. The molecule has 208 valence electrons. The van der Waals surface area contributed by atoms with Crippen molar-refractivity contribution >= 4 is 37.3 Å². The van der Waals surface area contributed by atoms with E-state index in [2.05, 4.69) is 49.3 Å². The summed E-state index contributed by atoms with van der Waals surface area (Å²) >= 11 is 0. The van der Waals surface area contributed by atoms with Gasteiger partial charge in [-0.2, -0.15) is 5.10 Å². The number of hydrogen-bond acceptors (Lipinski definition) is 7. The third-order valence-electron chi connectivity index (χ3n) is 6.77. The number of halogens is 1. The lowest BCUT2D eigenvalue weighted by atomic mass is 10.0. The van der Waals surface area contributed by atoms with Crippen molar-refractivity contribution in [2.45, 2.75) is 26.3 Å². The fourth-order valence-electron chi connectivity index (χ4n) is 4.93. The second-order valence-electron chi connectivity index (χ2n) is 10.5. The van der Waals surface area contributed by atoms with E-state index in [0.717, 1.165) is 50.0 Å². The predicted octanol–water partition coefficient (Wildman–Crippen LogP) is 5.78. The number of nitrogens with one attached hydrogen (secondary N) is 3. The molecule has 5 aromatic heterocycles. The number of aryl methyl sites for hydroxylation is 1. The molecule has 0 aliphatic carbocycles. The number of benzene rings is 1. The topological polar surface area (TPSA) is 129 Å². The van der Waals surface area contributed by atoms with Gasteiger partial charge in [-0.15, -0.1) is 0 Å². The first-order valence-corrected chi connectivity index (χ1v) is 15.2. The Morgan fingerprint density at radius 3 is 2.54 bits per heavy atom. The van der Waals surface area contributed by atoms with Crippen LogP contribution in [0.3, 0.4) is 0 Å². The number of aromatic amines is 2. The first-order valence-electron chi connectivity index (χ1n) is 13.1. The second kappa shape index (κ2) is 10.4. The fourth-order valence-corrected chi connectivity index (χ4v) is 5.54. The molecule has 0 saturated heterocycles. The van der Waals surface area contributed by atoms with Gasteiger partial charge in [0.05, 0.1) is 46.3 Å². The Balaban J connectivity index is 1.40. The SMILES string of the molecule is CC(C)Nc1cncc(-c2cc3c(-c4cc5c(-c6cc(F)cc(CCS(C)(=O)=O)c6)cncc5[nH]4)n[nH]c3cn2)c1. The quantitative estimate of drug-likeness (QED) is 0.212. The van der Waals surface area contributed by atoms with Crippen LogP contribution in [0.25, 0.3) is 55.6 Å². The normalized spacial score (nSPS) is 12.0. The molecule has 6 rings (SSSR count). The van der Waals surface area contributed by atoms with E-state index in [1.54, 1.807) is 31.0 Å². The summed E-state index contributed by atoms with van der Waals surface area (Å²) in [5.41, 5.74) is 7.55. The van der Waals surface area contributed by atoms with Crippen molar-refractivity contribution < 1.29 is 12.8 Å². The number of aromatic nitrogens is 6. The third kappa shape index (κ3) is 5.66. The zero-order valence-corrected chi connectivity index (χ0v) is 23.6. The number of nitrogens with zero attached hydrogens (tertiary/aromatic N) is 4. The molecule has 1 aromatic carbocycles. The molecule has 0 aliphatic rings. The van der Waals surface area contributed by atoms with Crippen LogP contribution >= 0.6 is 0 Å². The van der Waals surface area contributed by atoms with Gasteiger partial charge in [-0.1, -0.05) is 6.07 Å². The van der Waals surface area contributed by atoms with Gasteiger partial charge in [0.25, 0.3) is 0 Å². The molecule has 0 aliphatic heterocycles. The van der Waals surface area contributed by atoms with Gasteiger partial charge in [-0.3, -0.25) is 20.1 Å². The molecule has 0 radical (unpaired) electrons. The van der Waals surface area contributed by atoms with E-state index in [0.29, 0.717) is 16.8 Å². The Hall–Kier alpha value is -4.64. The molecule has 11 heteroatoms. The largest absolute Gasteiger partial charge is 0.382 e. The Bertz CT molecular complexity index is 2010. The van der Waals surface area contributed by atoms with E-state index in [4.69, 9.17) is 0 Å². The standard InChI is InChI=1S/C30H28FN7O2S/c1-17(2)35-22-9-20(12-32-13-22)26-11-24-29(16-34-26)37-38-30(24)27-10-23-25(14-33-15-28(23)36-27)19-6-18(7-21(31)8-19)4-5-41(3,39)40/h6-17,35-36H,4-5H2,1-3H3,(H,37,38). The van der Waals surface area contributed by atoms with Gasteiger partial charge >= 0.3 is 0 Å². The van der Waals surface area contributed by atoms with Gasteiger partial charge in [0.2, 0.25) is 0 Å². The van der Waals surface area contributed by atoms with Crippen molar-refractivity contribution in [1.82, 2.24) is 30.1 Å². The Kier molecular flexibility index (Phi) is 6.74. The van der Waals surface area contributed by atoms with Crippen molar-refractivity contribution in [3.63, 3.8) is 0 Å². The summed E-state index contributed by atoms with van der Waals surface area (Å²) in [7, 11) is -3.18. The Morgan fingerprint density at radius 2 is 1.73 bits per heavy atom. The molecule has 0 atom stereocenters. The van der Waals surface area contributed by atoms with E-state index in [-0.39, 0.29) is 18.2 Å². The Morgan fingerprint density at radius 1 is 0.902 bits per heavy atom. The van der Waals surface area contributed by atoms with Crippen LogP contribution in [0.4, 0.5) is 10.1 Å². The van der Waals surface area contributed by atoms with Gasteiger partial charge in [-0.05, 0) is 61.7 Å². The predicted molar refractivity (Wildman–Crippen MR) is 160 cm³/mol. The monoisotopic (exact) mass is 569 g/mol. The number of anilines is 1. The number of pyridine rings is 3. The van der Waals surface area contributed by atoms with Gasteiger partial charge in [-0.25, -0.2) is 12.8 Å². The van der Waals surface area contributed by atoms with Crippen LogP contribution in [-0.2, 0) is 16.3 Å². The number of fused-ring (bicyclic) bond motifs is 2. The summed E-state index contributed by atoms with van der Waals surface area (Å²) in [6.45, 7) is 4.14. The van der Waals surface area contributed by atoms with Crippen LogP contribution < -0.4 is 5.32 Å². The average molecular weight is 570 g/mol. The number of H-pyrrole nitrogens is 2. The lowest BCUT2D eigenvalue weighted by Crippen LogP contribution is -2.09. The highest BCUT2D eigenvalue weighted by atomic mass is 32.2. The highest BCUT2D eigenvalue weighted by Gasteiger charge is 2.16. The zero-order chi connectivity index (χ0) is 28.7. The lowest BCUT2D eigenvalue weighted by molar-refractivity contribution is 0.600. The minimum Gasteiger partial charge on any atom is -0.382 e. The van der Waals surface area contributed by atoms with Gasteiger partial charge in [0, 0.05) is 52.8 Å². The molecule has 41 heavy (non-hydrogen) atoms. The highest BCUT2D eigenvalue weighted by molar-refractivity contribution is 7.90. The van der Waals surface area contributed by atoms with Crippen molar-refractivity contribution in [3.8, 4) is 33.8 Å². The van der Waals surface area contributed by atoms with Crippen LogP contribution in [0.2, 0.25) is 0 Å². The minimum atomic E-state index is -3.18. The van der Waals surface area contributed by atoms with Crippen molar-refractivity contribution in [1.29, 1.82) is 0 Å². The van der Waals surface area contributed by atoms with Crippen molar-refractivity contribution in [2.24, 2.45) is 0 Å². The molecule has 3 N–H and O–H groups in total. The maximum Gasteiger partial charge on any atom is 0.147 e. The highest BCUT2D eigenvalue weighted by Crippen LogP contribution is 2.35. The molecule has 0 bridgehead atoms. The number of rotatable bonds is 8. The molecule has 9 nitrogen and oxygen atoms in total. The fraction of sp³-hybridized carbons (Fsp3) is 0.200. The van der Waals surface area contributed by atoms with Gasteiger partial charge < -0.3 is 10.3 Å². The first kappa shape index (κ1) is 26.6. The van der Waals surface area contributed by atoms with E-state index in [1.165, 1.54) is 18.4 Å². The summed E-state index contributed by atoms with van der Waals surface area (Å²) in [6, 6.07) is 10.9. The molecule has 6 aromatic rings. The van der Waals surface area contributed by atoms with Crippen molar-refractivity contribution in [3.05, 3.63) is 78.8 Å². The zero-order valence-electron chi connectivity index (χ0n) is 22.7. The van der Waals surface area contributed by atoms with Crippen LogP contribution in [0.15, 0.2) is 67.4 Å². The van der Waals surface area contributed by atoms with Crippen LogP contribution in [0, 0.1) is 5.82 Å². The van der Waals surface area contributed by atoms with E-state index < -0.39 is 15.7 Å². The van der Waals surface area contributed by atoms with Crippen LogP contribution in [0.1, 0.15) is 19.4 Å². The minimum absolute atomic E-state index is 0.0513. The van der Waals surface area contributed by atoms with Gasteiger partial charge in [0.1, 0.15) is 21.3 Å². The van der Waals surface area contributed by atoms with E-state index in [9.17, 15) is 12.8 Å². The molecular weight excluding hydrogens is 541 g/mol. The van der Waals surface area contributed by atoms with Crippen molar-refractivity contribution in [2.75, 3.05) is 17.3 Å². The maximum atomic E-state index is 14.6. The Labute approximate surface area is 236 Å². The molecule has 0 saturated carbocycles. The van der Waals surface area contributed by atoms with Crippen LogP contribution in [0.5, 0.6) is 0 Å². The first-order chi connectivity index (χ1) is 19.6. The summed E-state index contributed by atoms with van der Waals surface area (Å²) in [5.74, 6) is -0.483. The van der Waals surface area contributed by atoms with Gasteiger partial charge in [0.15, 0.2) is 0 Å². The van der Waals surface area contributed by atoms with E-state index in [1.807, 2.05) is 24.3 Å².